The summed E-state index contributed by atoms with van der Waals surface area (Å²) in [6.07, 6.45) is 3.04. The summed E-state index contributed by atoms with van der Waals surface area (Å²) in [5, 5.41) is 17.4. The molecule has 4 nitrogen and oxygen atoms in total. The Morgan fingerprint density at radius 3 is 2.75 bits per heavy atom. The smallest absolute Gasteiger partial charge is 0.328 e. The van der Waals surface area contributed by atoms with Crippen LogP contribution >= 0.6 is 0 Å². The first-order valence-electron chi connectivity index (χ1n) is 6.59. The number of benzene rings is 1. The summed E-state index contributed by atoms with van der Waals surface area (Å²) in [6, 6.07) is 4.51. The Bertz CT molecular complexity index is 474. The summed E-state index contributed by atoms with van der Waals surface area (Å²) in [5.41, 5.74) is 1.32. The highest BCUT2D eigenvalue weighted by Gasteiger charge is 2.06. The molecule has 0 aliphatic rings. The monoisotopic (exact) mass is 281 g/mol. The lowest BCUT2D eigenvalue weighted by atomic mass is 10.1. The van der Waals surface area contributed by atoms with Crippen molar-refractivity contribution in [3.63, 3.8) is 0 Å². The van der Waals surface area contributed by atoms with Crippen LogP contribution in [0.3, 0.4) is 0 Å². The molecule has 0 aliphatic heterocycles. The van der Waals surface area contributed by atoms with Gasteiger partial charge in [0.05, 0.1) is 0 Å². The van der Waals surface area contributed by atoms with Crippen molar-refractivity contribution in [1.29, 1.82) is 0 Å². The number of aliphatic hydroxyl groups excluding tert-OH is 1. The van der Waals surface area contributed by atoms with Gasteiger partial charge in [-0.1, -0.05) is 13.0 Å². The fourth-order valence-corrected chi connectivity index (χ4v) is 1.93. The maximum absolute atomic E-state index is 13.5. The molecule has 2 N–H and O–H groups in total. The zero-order valence-corrected chi connectivity index (χ0v) is 11.6. The Hall–Kier alpha value is -1.72. The van der Waals surface area contributed by atoms with Gasteiger partial charge in [0.2, 0.25) is 0 Å². The summed E-state index contributed by atoms with van der Waals surface area (Å²) < 4.78 is 13.5. The van der Waals surface area contributed by atoms with Crippen molar-refractivity contribution in [3.05, 3.63) is 41.2 Å². The van der Waals surface area contributed by atoms with E-state index in [1.165, 1.54) is 18.2 Å². The minimum absolute atomic E-state index is 0.131. The average Bonchev–Trinajstić information content (AvgIpc) is 2.40. The lowest BCUT2D eigenvalue weighted by molar-refractivity contribution is -0.131. The Morgan fingerprint density at radius 2 is 2.15 bits per heavy atom. The molecule has 5 heteroatoms. The highest BCUT2D eigenvalue weighted by Crippen LogP contribution is 2.13. The van der Waals surface area contributed by atoms with Crippen LogP contribution in [0.15, 0.2) is 24.3 Å². The van der Waals surface area contributed by atoms with Gasteiger partial charge in [0.15, 0.2) is 0 Å². The fraction of sp³-hybridized carbons (Fsp3) is 0.400. The van der Waals surface area contributed by atoms with Gasteiger partial charge in [-0.25, -0.2) is 9.18 Å². The minimum atomic E-state index is -1.06. The topological polar surface area (TPSA) is 60.8 Å². The summed E-state index contributed by atoms with van der Waals surface area (Å²) in [5.74, 6) is -1.44. The summed E-state index contributed by atoms with van der Waals surface area (Å²) >= 11 is 0. The predicted octanol–water partition coefficient (Wildman–Crippen LogP) is 2.13. The second-order valence-corrected chi connectivity index (χ2v) is 4.51. The third-order valence-corrected chi connectivity index (χ3v) is 2.88. The minimum Gasteiger partial charge on any atom is -0.478 e. The maximum Gasteiger partial charge on any atom is 0.328 e. The van der Waals surface area contributed by atoms with E-state index in [9.17, 15) is 9.18 Å². The molecule has 0 unspecified atom stereocenters. The molecule has 0 saturated heterocycles. The molecule has 1 aromatic rings. The van der Waals surface area contributed by atoms with Crippen LogP contribution in [0.25, 0.3) is 6.08 Å². The van der Waals surface area contributed by atoms with Gasteiger partial charge in [0.1, 0.15) is 5.82 Å². The van der Waals surface area contributed by atoms with Gasteiger partial charge in [-0.2, -0.15) is 0 Å². The number of halogens is 1. The van der Waals surface area contributed by atoms with Crippen molar-refractivity contribution in [2.45, 2.75) is 19.9 Å². The van der Waals surface area contributed by atoms with Crippen LogP contribution in [0.4, 0.5) is 4.39 Å². The maximum atomic E-state index is 13.5. The number of carbonyl (C=O) groups is 1. The quantitative estimate of drug-likeness (QED) is 0.717. The van der Waals surface area contributed by atoms with Crippen molar-refractivity contribution < 1.29 is 19.4 Å². The van der Waals surface area contributed by atoms with Gasteiger partial charge in [-0.15, -0.1) is 0 Å². The molecule has 0 heterocycles. The predicted molar refractivity (Wildman–Crippen MR) is 75.7 cm³/mol. The molecule has 0 radical (unpaired) electrons. The summed E-state index contributed by atoms with van der Waals surface area (Å²) in [6.45, 7) is 4.25. The molecule has 0 bridgehead atoms. The van der Waals surface area contributed by atoms with Crippen LogP contribution in [0, 0.1) is 5.82 Å². The number of aliphatic hydroxyl groups is 1. The molecular formula is C15H20FNO3. The van der Waals surface area contributed by atoms with Gasteiger partial charge in [0.25, 0.3) is 0 Å². The Kier molecular flexibility index (Phi) is 6.90. The van der Waals surface area contributed by atoms with E-state index in [2.05, 4.69) is 4.90 Å². The molecule has 0 spiro atoms. The highest BCUT2D eigenvalue weighted by atomic mass is 19.1. The second kappa shape index (κ2) is 8.45. The van der Waals surface area contributed by atoms with E-state index in [1.807, 2.05) is 6.92 Å². The van der Waals surface area contributed by atoms with Gasteiger partial charge in [-0.3, -0.25) is 4.90 Å². The van der Waals surface area contributed by atoms with Crippen LogP contribution in [0.1, 0.15) is 24.5 Å². The van der Waals surface area contributed by atoms with E-state index in [0.29, 0.717) is 18.5 Å². The molecular weight excluding hydrogens is 261 g/mol. The number of rotatable bonds is 8. The number of nitrogens with zero attached hydrogens (tertiary/aromatic N) is 1. The van der Waals surface area contributed by atoms with Crippen molar-refractivity contribution in [1.82, 2.24) is 4.90 Å². The Morgan fingerprint density at radius 1 is 1.40 bits per heavy atom. The van der Waals surface area contributed by atoms with Crippen LogP contribution in [-0.4, -0.2) is 40.8 Å². The zero-order valence-electron chi connectivity index (χ0n) is 11.6. The largest absolute Gasteiger partial charge is 0.478 e. The first kappa shape index (κ1) is 16.3. The van der Waals surface area contributed by atoms with Gasteiger partial charge in [-0.05, 0) is 42.3 Å². The average molecular weight is 281 g/mol. The summed E-state index contributed by atoms with van der Waals surface area (Å²) in [4.78, 5) is 12.6. The molecule has 1 rings (SSSR count). The first-order valence-corrected chi connectivity index (χ1v) is 6.59. The number of hydrogen-bond acceptors (Lipinski definition) is 3. The molecule has 0 saturated carbocycles. The Labute approximate surface area is 118 Å². The number of carboxylic acids is 1. The molecule has 0 atom stereocenters. The number of carboxylic acid groups (broad SMARTS) is 1. The molecule has 110 valence electrons. The third-order valence-electron chi connectivity index (χ3n) is 2.88. The molecule has 0 aromatic heterocycles. The van der Waals surface area contributed by atoms with Gasteiger partial charge in [0, 0.05) is 25.8 Å². The fourth-order valence-electron chi connectivity index (χ4n) is 1.93. The highest BCUT2D eigenvalue weighted by molar-refractivity contribution is 5.85. The molecule has 1 aromatic carbocycles. The third kappa shape index (κ3) is 5.95. The van der Waals surface area contributed by atoms with E-state index >= 15 is 0 Å². The summed E-state index contributed by atoms with van der Waals surface area (Å²) in [7, 11) is 0. The van der Waals surface area contributed by atoms with E-state index in [-0.39, 0.29) is 12.4 Å². The zero-order chi connectivity index (χ0) is 15.0. The van der Waals surface area contributed by atoms with E-state index in [4.69, 9.17) is 10.2 Å². The lowest BCUT2D eigenvalue weighted by Gasteiger charge is -2.20. The van der Waals surface area contributed by atoms with Crippen LogP contribution in [-0.2, 0) is 11.3 Å². The van der Waals surface area contributed by atoms with Crippen LogP contribution in [0.2, 0.25) is 0 Å². The number of aliphatic carboxylic acids is 1. The SMILES string of the molecule is CCN(CCCO)Cc1cc(F)cc(/C=C/C(=O)O)c1. The molecule has 20 heavy (non-hydrogen) atoms. The Balaban J connectivity index is 2.81. The van der Waals surface area contributed by atoms with Crippen molar-refractivity contribution in [3.8, 4) is 0 Å². The second-order valence-electron chi connectivity index (χ2n) is 4.51. The van der Waals surface area contributed by atoms with E-state index in [0.717, 1.165) is 24.7 Å². The lowest BCUT2D eigenvalue weighted by Crippen LogP contribution is -2.24. The van der Waals surface area contributed by atoms with Gasteiger partial charge >= 0.3 is 5.97 Å². The molecule has 0 amide bonds. The van der Waals surface area contributed by atoms with Crippen molar-refractivity contribution >= 4 is 12.0 Å². The van der Waals surface area contributed by atoms with Crippen molar-refractivity contribution in [2.75, 3.05) is 19.7 Å². The van der Waals surface area contributed by atoms with Gasteiger partial charge < -0.3 is 10.2 Å². The van der Waals surface area contributed by atoms with Crippen LogP contribution in [0.5, 0.6) is 0 Å². The van der Waals surface area contributed by atoms with Crippen molar-refractivity contribution in [2.24, 2.45) is 0 Å². The normalized spacial score (nSPS) is 11.4. The molecule has 0 aliphatic carbocycles. The van der Waals surface area contributed by atoms with Crippen LogP contribution < -0.4 is 0 Å². The number of hydrogen-bond donors (Lipinski definition) is 2. The standard InChI is InChI=1S/C15H20FNO3/c1-2-17(6-3-7-18)11-13-8-12(4-5-15(19)20)9-14(16)10-13/h4-5,8-10,18H,2-3,6-7,11H2,1H3,(H,19,20)/b5-4+. The first-order chi connectivity index (χ1) is 9.55. The van der Waals surface area contributed by atoms with E-state index < -0.39 is 5.97 Å². The van der Waals surface area contributed by atoms with E-state index in [1.54, 1.807) is 6.07 Å². The molecule has 0 fully saturated rings.